The molecule has 1 saturated carbocycles. The molecule has 2 nitrogen and oxygen atoms in total. The van der Waals surface area contributed by atoms with Gasteiger partial charge >= 0.3 is 0 Å². The van der Waals surface area contributed by atoms with E-state index in [-0.39, 0.29) is 5.78 Å². The molecule has 0 amide bonds. The molecule has 0 aromatic heterocycles. The molecule has 46 valence electrons. The summed E-state index contributed by atoms with van der Waals surface area (Å²) in [6.45, 7) is 2.17. The highest BCUT2D eigenvalue weighted by Crippen LogP contribution is 2.17. The van der Waals surface area contributed by atoms with Gasteiger partial charge in [0.25, 0.3) is 0 Å². The molecule has 0 heterocycles. The molecular formula is C6H11NO. The summed E-state index contributed by atoms with van der Waals surface area (Å²) in [5.41, 5.74) is 0. The average Bonchev–Trinajstić information content (AvgIpc) is 2.41. The molecule has 1 rings (SSSR count). The second-order valence-electron chi connectivity index (χ2n) is 2.36. The lowest BCUT2D eigenvalue weighted by molar-refractivity contribution is -0.116. The fourth-order valence-corrected chi connectivity index (χ4v) is 0.576. The molecule has 0 aromatic carbocycles. The molecule has 1 fully saturated rings. The Bertz CT molecular complexity index is 96.7. The van der Waals surface area contributed by atoms with Gasteiger partial charge in [-0.1, -0.05) is 0 Å². The zero-order valence-electron chi connectivity index (χ0n) is 5.11. The number of ketones is 1. The second kappa shape index (κ2) is 2.27. The molecule has 0 radical (unpaired) electrons. The van der Waals surface area contributed by atoms with Crippen LogP contribution in [0.1, 0.15) is 19.8 Å². The van der Waals surface area contributed by atoms with Crippen LogP contribution < -0.4 is 5.32 Å². The zero-order chi connectivity index (χ0) is 5.98. The SMILES string of the molecule is CC(=O)CNC1CC1. The summed E-state index contributed by atoms with van der Waals surface area (Å²) >= 11 is 0. The van der Waals surface area contributed by atoms with Crippen molar-refractivity contribution in [2.24, 2.45) is 0 Å². The van der Waals surface area contributed by atoms with Crippen molar-refractivity contribution in [3.63, 3.8) is 0 Å². The lowest BCUT2D eigenvalue weighted by atomic mass is 10.4. The highest BCUT2D eigenvalue weighted by molar-refractivity contribution is 5.77. The second-order valence-corrected chi connectivity index (χ2v) is 2.36. The third-order valence-electron chi connectivity index (χ3n) is 1.22. The van der Waals surface area contributed by atoms with E-state index in [1.165, 1.54) is 12.8 Å². The first-order valence-electron chi connectivity index (χ1n) is 3.02. The zero-order valence-corrected chi connectivity index (χ0v) is 5.11. The van der Waals surface area contributed by atoms with Crippen molar-refractivity contribution in [1.82, 2.24) is 5.32 Å². The number of nitrogens with one attached hydrogen (secondary N) is 1. The topological polar surface area (TPSA) is 29.1 Å². The minimum absolute atomic E-state index is 0.233. The van der Waals surface area contributed by atoms with Crippen molar-refractivity contribution in [3.8, 4) is 0 Å². The van der Waals surface area contributed by atoms with Gasteiger partial charge in [-0.25, -0.2) is 0 Å². The van der Waals surface area contributed by atoms with E-state index in [1.807, 2.05) is 0 Å². The van der Waals surface area contributed by atoms with Gasteiger partial charge < -0.3 is 5.32 Å². The summed E-state index contributed by atoms with van der Waals surface area (Å²) in [5.74, 6) is 0.233. The van der Waals surface area contributed by atoms with E-state index in [9.17, 15) is 4.79 Å². The summed E-state index contributed by atoms with van der Waals surface area (Å²) in [6.07, 6.45) is 2.51. The van der Waals surface area contributed by atoms with Gasteiger partial charge in [-0.15, -0.1) is 0 Å². The van der Waals surface area contributed by atoms with Gasteiger partial charge in [-0.05, 0) is 19.8 Å². The van der Waals surface area contributed by atoms with Crippen LogP contribution in [0.15, 0.2) is 0 Å². The van der Waals surface area contributed by atoms with Crippen LogP contribution in [-0.4, -0.2) is 18.4 Å². The van der Waals surface area contributed by atoms with Crippen molar-refractivity contribution >= 4 is 5.78 Å². The lowest BCUT2D eigenvalue weighted by Crippen LogP contribution is -2.22. The summed E-state index contributed by atoms with van der Waals surface area (Å²) in [4.78, 5) is 10.3. The number of Topliss-reactive ketones (excluding diaryl/α,β-unsaturated/α-hetero) is 1. The van der Waals surface area contributed by atoms with E-state index in [0.717, 1.165) is 0 Å². The van der Waals surface area contributed by atoms with E-state index < -0.39 is 0 Å². The van der Waals surface area contributed by atoms with Crippen molar-refractivity contribution in [2.75, 3.05) is 6.54 Å². The maximum atomic E-state index is 10.3. The maximum absolute atomic E-state index is 10.3. The summed E-state index contributed by atoms with van der Waals surface area (Å²) in [6, 6.07) is 0.666. The van der Waals surface area contributed by atoms with Gasteiger partial charge in [0.1, 0.15) is 5.78 Å². The molecule has 1 N–H and O–H groups in total. The van der Waals surface area contributed by atoms with E-state index in [4.69, 9.17) is 0 Å². The summed E-state index contributed by atoms with van der Waals surface area (Å²) < 4.78 is 0. The Labute approximate surface area is 49.3 Å². The largest absolute Gasteiger partial charge is 0.307 e. The molecule has 0 aliphatic heterocycles. The molecule has 0 spiro atoms. The Kier molecular flexibility index (Phi) is 1.63. The van der Waals surface area contributed by atoms with E-state index in [2.05, 4.69) is 5.32 Å². The number of hydrogen-bond acceptors (Lipinski definition) is 2. The third kappa shape index (κ3) is 2.07. The summed E-state index contributed by atoms with van der Waals surface area (Å²) in [7, 11) is 0. The Balaban J connectivity index is 1.95. The van der Waals surface area contributed by atoms with E-state index in [1.54, 1.807) is 6.92 Å². The molecule has 8 heavy (non-hydrogen) atoms. The Morgan fingerprint density at radius 1 is 1.75 bits per heavy atom. The van der Waals surface area contributed by atoms with Crippen LogP contribution in [0.25, 0.3) is 0 Å². The monoisotopic (exact) mass is 113 g/mol. The van der Waals surface area contributed by atoms with Crippen LogP contribution >= 0.6 is 0 Å². The predicted molar refractivity (Wildman–Crippen MR) is 31.7 cm³/mol. The molecule has 1 aliphatic carbocycles. The molecule has 0 saturated heterocycles. The molecule has 0 aromatic rings. The molecule has 0 unspecified atom stereocenters. The molecule has 0 atom stereocenters. The Morgan fingerprint density at radius 2 is 2.38 bits per heavy atom. The maximum Gasteiger partial charge on any atom is 0.143 e. The van der Waals surface area contributed by atoms with Gasteiger partial charge in [-0.2, -0.15) is 0 Å². The van der Waals surface area contributed by atoms with Gasteiger partial charge in [0.15, 0.2) is 0 Å². The number of rotatable bonds is 3. The molecule has 1 aliphatic rings. The van der Waals surface area contributed by atoms with E-state index >= 15 is 0 Å². The Morgan fingerprint density at radius 3 is 2.75 bits per heavy atom. The van der Waals surface area contributed by atoms with Gasteiger partial charge in [0.05, 0.1) is 6.54 Å². The lowest BCUT2D eigenvalue weighted by Gasteiger charge is -1.94. The highest BCUT2D eigenvalue weighted by atomic mass is 16.1. The van der Waals surface area contributed by atoms with Crippen LogP contribution in [0.2, 0.25) is 0 Å². The summed E-state index contributed by atoms with van der Waals surface area (Å²) in [5, 5.41) is 3.11. The van der Waals surface area contributed by atoms with Crippen LogP contribution in [0.4, 0.5) is 0 Å². The third-order valence-corrected chi connectivity index (χ3v) is 1.22. The normalized spacial score (nSPS) is 18.6. The Hall–Kier alpha value is -0.370. The van der Waals surface area contributed by atoms with Gasteiger partial charge in [0, 0.05) is 6.04 Å². The minimum atomic E-state index is 0.233. The quantitative estimate of drug-likeness (QED) is 0.571. The fraction of sp³-hybridized carbons (Fsp3) is 0.833. The first-order chi connectivity index (χ1) is 3.79. The first kappa shape index (κ1) is 5.76. The van der Waals surface area contributed by atoms with Gasteiger partial charge in [-0.3, -0.25) is 4.79 Å². The fourth-order valence-electron chi connectivity index (χ4n) is 0.576. The van der Waals surface area contributed by atoms with Gasteiger partial charge in [0.2, 0.25) is 0 Å². The van der Waals surface area contributed by atoms with Crippen LogP contribution in [-0.2, 0) is 4.79 Å². The van der Waals surface area contributed by atoms with Crippen molar-refractivity contribution in [3.05, 3.63) is 0 Å². The first-order valence-corrected chi connectivity index (χ1v) is 3.02. The van der Waals surface area contributed by atoms with Crippen LogP contribution in [0.5, 0.6) is 0 Å². The van der Waals surface area contributed by atoms with Crippen molar-refractivity contribution < 1.29 is 4.79 Å². The number of hydrogen-bond donors (Lipinski definition) is 1. The molecule has 2 heteroatoms. The minimum Gasteiger partial charge on any atom is -0.307 e. The van der Waals surface area contributed by atoms with Crippen molar-refractivity contribution in [1.29, 1.82) is 0 Å². The van der Waals surface area contributed by atoms with Crippen LogP contribution in [0, 0.1) is 0 Å². The van der Waals surface area contributed by atoms with E-state index in [0.29, 0.717) is 12.6 Å². The standard InChI is InChI=1S/C6H11NO/c1-5(8)4-7-6-2-3-6/h6-7H,2-4H2,1H3. The molecule has 0 bridgehead atoms. The van der Waals surface area contributed by atoms with Crippen LogP contribution in [0.3, 0.4) is 0 Å². The predicted octanol–water partition coefficient (Wildman–Crippen LogP) is 0.327. The average molecular weight is 113 g/mol. The number of carbonyl (C=O) groups excluding carboxylic acids is 1. The highest BCUT2D eigenvalue weighted by Gasteiger charge is 2.19. The smallest absolute Gasteiger partial charge is 0.143 e. The molecular weight excluding hydrogens is 102 g/mol. The van der Waals surface area contributed by atoms with Crippen molar-refractivity contribution in [2.45, 2.75) is 25.8 Å². The number of carbonyl (C=O) groups is 1.